The van der Waals surface area contributed by atoms with Crippen molar-refractivity contribution in [3.05, 3.63) is 40.1 Å². The topological polar surface area (TPSA) is 0 Å². The second-order valence-corrected chi connectivity index (χ2v) is 4.70. The molecule has 0 saturated carbocycles. The van der Waals surface area contributed by atoms with E-state index in [1.165, 1.54) is 15.3 Å². The highest BCUT2D eigenvalue weighted by Crippen LogP contribution is 2.28. The molecule has 0 nitrogen and oxygen atoms in total. The first-order valence-corrected chi connectivity index (χ1v) is 5.36. The van der Waals surface area contributed by atoms with Gasteiger partial charge < -0.3 is 0 Å². The quantitative estimate of drug-likeness (QED) is 0.623. The minimum atomic E-state index is 0.634. The summed E-state index contributed by atoms with van der Waals surface area (Å²) in [6.07, 6.45) is 5.91. The van der Waals surface area contributed by atoms with Gasteiger partial charge >= 0.3 is 0 Å². The van der Waals surface area contributed by atoms with Crippen molar-refractivity contribution < 1.29 is 0 Å². The maximum Gasteiger partial charge on any atom is 0.00896 e. The fourth-order valence-corrected chi connectivity index (χ4v) is 2.16. The molecule has 0 fully saturated rings. The fraction of sp³-hybridized carbons (Fsp3) is 0.333. The van der Waals surface area contributed by atoms with E-state index in [1.807, 2.05) is 23.5 Å². The lowest BCUT2D eigenvalue weighted by molar-refractivity contribution is 0.889. The third-order valence-electron chi connectivity index (χ3n) is 1.96. The van der Waals surface area contributed by atoms with Crippen molar-refractivity contribution in [1.29, 1.82) is 0 Å². The number of hydrogen-bond donors (Lipinski definition) is 0. The lowest BCUT2D eigenvalue weighted by atomic mass is 10.1. The van der Waals surface area contributed by atoms with E-state index in [2.05, 4.69) is 39.5 Å². The number of thiophene rings is 1. The van der Waals surface area contributed by atoms with Crippen LogP contribution < -0.4 is 0 Å². The first kappa shape index (κ1) is 10.3. The molecule has 0 saturated heterocycles. The third-order valence-corrected chi connectivity index (χ3v) is 3.32. The van der Waals surface area contributed by atoms with Gasteiger partial charge in [-0.25, -0.2) is 0 Å². The highest BCUT2D eigenvalue weighted by Gasteiger charge is 2.05. The van der Waals surface area contributed by atoms with Gasteiger partial charge in [0, 0.05) is 9.75 Å². The molecule has 0 aromatic carbocycles. The number of rotatable bonds is 3. The summed E-state index contributed by atoms with van der Waals surface area (Å²) < 4.78 is 0. The molecule has 0 aliphatic heterocycles. The molecule has 0 aliphatic carbocycles. The molecule has 1 heterocycles. The number of allylic oxidation sites excluding steroid dienone is 2. The van der Waals surface area contributed by atoms with Gasteiger partial charge in [-0.1, -0.05) is 38.7 Å². The van der Waals surface area contributed by atoms with E-state index >= 15 is 0 Å². The Morgan fingerprint density at radius 3 is 2.62 bits per heavy atom. The Morgan fingerprint density at radius 1 is 1.46 bits per heavy atom. The lowest BCUT2D eigenvalue weighted by Gasteiger charge is -1.96. The van der Waals surface area contributed by atoms with E-state index in [0.717, 1.165) is 0 Å². The molecule has 0 atom stereocenters. The zero-order valence-electron chi connectivity index (χ0n) is 8.50. The van der Waals surface area contributed by atoms with Crippen LogP contribution in [0.5, 0.6) is 0 Å². The van der Waals surface area contributed by atoms with Crippen molar-refractivity contribution >= 4 is 17.4 Å². The summed E-state index contributed by atoms with van der Waals surface area (Å²) in [5.74, 6) is 0.634. The van der Waals surface area contributed by atoms with Gasteiger partial charge in [0.15, 0.2) is 0 Å². The average Bonchev–Trinajstić information content (AvgIpc) is 2.44. The average molecular weight is 192 g/mol. The van der Waals surface area contributed by atoms with Crippen LogP contribution in [-0.2, 0) is 0 Å². The number of aryl methyl sites for hydroxylation is 1. The van der Waals surface area contributed by atoms with Gasteiger partial charge in [0.05, 0.1) is 0 Å². The maximum absolute atomic E-state index is 3.66. The van der Waals surface area contributed by atoms with Gasteiger partial charge in [-0.3, -0.25) is 0 Å². The Labute approximate surface area is 84.6 Å². The molecule has 0 radical (unpaired) electrons. The van der Waals surface area contributed by atoms with Crippen LogP contribution >= 0.6 is 11.3 Å². The van der Waals surface area contributed by atoms with Gasteiger partial charge in [0.1, 0.15) is 0 Å². The highest BCUT2D eigenvalue weighted by atomic mass is 32.1. The molecule has 70 valence electrons. The molecule has 0 N–H and O–H groups in total. The smallest absolute Gasteiger partial charge is 0.00896 e. The minimum absolute atomic E-state index is 0.634. The Morgan fingerprint density at radius 2 is 2.15 bits per heavy atom. The van der Waals surface area contributed by atoms with Crippen molar-refractivity contribution in [2.45, 2.75) is 26.7 Å². The van der Waals surface area contributed by atoms with Crippen LogP contribution in [0.25, 0.3) is 6.08 Å². The van der Waals surface area contributed by atoms with Crippen LogP contribution in [0, 0.1) is 6.92 Å². The van der Waals surface area contributed by atoms with Crippen LogP contribution in [-0.4, -0.2) is 0 Å². The summed E-state index contributed by atoms with van der Waals surface area (Å²) in [5.41, 5.74) is 1.33. The second-order valence-electron chi connectivity index (χ2n) is 3.41. The third kappa shape index (κ3) is 2.56. The van der Waals surface area contributed by atoms with Crippen LogP contribution in [0.4, 0.5) is 0 Å². The molecule has 0 unspecified atom stereocenters. The first-order chi connectivity index (χ1) is 6.15. The molecule has 1 rings (SSSR count). The van der Waals surface area contributed by atoms with Crippen molar-refractivity contribution in [2.24, 2.45) is 0 Å². The zero-order chi connectivity index (χ0) is 9.84. The summed E-state index contributed by atoms with van der Waals surface area (Å²) in [6.45, 7) is 10.3. The summed E-state index contributed by atoms with van der Waals surface area (Å²) in [6, 6.07) is 2.27. The Bertz CT molecular complexity index is 316. The highest BCUT2D eigenvalue weighted by molar-refractivity contribution is 7.12. The van der Waals surface area contributed by atoms with E-state index in [-0.39, 0.29) is 0 Å². The summed E-state index contributed by atoms with van der Waals surface area (Å²) >= 11 is 1.89. The normalized spacial score (nSPS) is 11.4. The minimum Gasteiger partial charge on any atom is -0.145 e. The van der Waals surface area contributed by atoms with Crippen molar-refractivity contribution in [1.82, 2.24) is 0 Å². The number of hydrogen-bond acceptors (Lipinski definition) is 1. The van der Waals surface area contributed by atoms with E-state index in [9.17, 15) is 0 Å². The Hall–Kier alpha value is -0.820. The summed E-state index contributed by atoms with van der Waals surface area (Å²) in [4.78, 5) is 2.85. The van der Waals surface area contributed by atoms with Gasteiger partial charge in [0.2, 0.25) is 0 Å². The van der Waals surface area contributed by atoms with Crippen LogP contribution in [0.3, 0.4) is 0 Å². The largest absolute Gasteiger partial charge is 0.145 e. The summed E-state index contributed by atoms with van der Waals surface area (Å²) in [5, 5.41) is 0. The van der Waals surface area contributed by atoms with Crippen LogP contribution in [0.1, 0.15) is 35.1 Å². The standard InChI is InChI=1S/C12H16S/c1-5-6-7-11-8-12(9(2)3)13-10(11)4/h5-9H,1H2,2-4H3/b7-6-. The predicted molar refractivity (Wildman–Crippen MR) is 62.4 cm³/mol. The maximum atomic E-state index is 3.66. The van der Waals surface area contributed by atoms with Crippen molar-refractivity contribution in [3.63, 3.8) is 0 Å². The monoisotopic (exact) mass is 192 g/mol. The molecule has 0 amide bonds. The molecule has 0 bridgehead atoms. The van der Waals surface area contributed by atoms with Crippen LogP contribution in [0.15, 0.2) is 24.8 Å². The zero-order valence-corrected chi connectivity index (χ0v) is 9.32. The van der Waals surface area contributed by atoms with E-state index < -0.39 is 0 Å². The van der Waals surface area contributed by atoms with E-state index in [4.69, 9.17) is 0 Å². The molecular weight excluding hydrogens is 176 g/mol. The SMILES string of the molecule is C=C/C=C\c1cc(C(C)C)sc1C. The van der Waals surface area contributed by atoms with Gasteiger partial charge in [0.25, 0.3) is 0 Å². The predicted octanol–water partition coefficient (Wildman–Crippen LogP) is 4.38. The molecule has 1 aromatic heterocycles. The molecule has 0 spiro atoms. The Kier molecular flexibility index (Phi) is 3.49. The van der Waals surface area contributed by atoms with Crippen molar-refractivity contribution in [3.8, 4) is 0 Å². The van der Waals surface area contributed by atoms with Gasteiger partial charge in [-0.2, -0.15) is 0 Å². The van der Waals surface area contributed by atoms with Crippen molar-refractivity contribution in [2.75, 3.05) is 0 Å². The lowest BCUT2D eigenvalue weighted by Crippen LogP contribution is -1.78. The van der Waals surface area contributed by atoms with Crippen LogP contribution in [0.2, 0.25) is 0 Å². The van der Waals surface area contributed by atoms with E-state index in [1.54, 1.807) is 0 Å². The fourth-order valence-electron chi connectivity index (χ4n) is 1.14. The van der Waals surface area contributed by atoms with Gasteiger partial charge in [-0.15, -0.1) is 11.3 Å². The molecular formula is C12H16S. The van der Waals surface area contributed by atoms with E-state index in [0.29, 0.717) is 5.92 Å². The molecule has 1 aromatic rings. The molecule has 1 heteroatoms. The molecule has 13 heavy (non-hydrogen) atoms. The summed E-state index contributed by atoms with van der Waals surface area (Å²) in [7, 11) is 0. The second kappa shape index (κ2) is 4.43. The molecule has 0 aliphatic rings. The first-order valence-electron chi connectivity index (χ1n) is 4.54. The Balaban J connectivity index is 2.96. The van der Waals surface area contributed by atoms with Gasteiger partial charge in [-0.05, 0) is 24.5 Å².